The number of benzene rings is 2. The number of hydrogen-bond donors (Lipinski definition) is 0. The van der Waals surface area contributed by atoms with Gasteiger partial charge in [-0.25, -0.2) is 0 Å². The van der Waals surface area contributed by atoms with E-state index in [1.54, 1.807) is 0 Å². The largest absolute Gasteiger partial charge is 0.489 e. The van der Waals surface area contributed by atoms with E-state index in [1.165, 1.54) is 11.1 Å². The molecule has 18 heavy (non-hydrogen) atoms. The lowest BCUT2D eigenvalue weighted by atomic mass is 9.98. The van der Waals surface area contributed by atoms with E-state index in [0.29, 0.717) is 0 Å². The highest BCUT2D eigenvalue weighted by Crippen LogP contribution is 2.40. The molecule has 0 spiro atoms. The third kappa shape index (κ3) is 1.99. The third-order valence-electron chi connectivity index (χ3n) is 3.27. The van der Waals surface area contributed by atoms with Gasteiger partial charge in [0.1, 0.15) is 11.9 Å². The Morgan fingerprint density at radius 2 is 2.06 bits per heavy atom. The highest BCUT2D eigenvalue weighted by Gasteiger charge is 2.23. The first-order valence-corrected chi connectivity index (χ1v) is 6.57. The molecule has 0 saturated carbocycles. The van der Waals surface area contributed by atoms with Crippen LogP contribution in [0.3, 0.4) is 0 Å². The molecule has 1 aliphatic rings. The van der Waals surface area contributed by atoms with Crippen LogP contribution in [0, 0.1) is 6.92 Å². The standard InChI is InChI=1S/C16H15ClO/c1-10-6-13-8-11(2)18-16(13)15(7-10)12-4-3-5-14(17)9-12/h3-7,9,11H,8H2,1-2H3. The summed E-state index contributed by atoms with van der Waals surface area (Å²) in [4.78, 5) is 0. The topological polar surface area (TPSA) is 9.23 Å². The zero-order valence-electron chi connectivity index (χ0n) is 10.5. The minimum Gasteiger partial charge on any atom is -0.489 e. The van der Waals surface area contributed by atoms with Crippen LogP contribution in [0.15, 0.2) is 36.4 Å². The summed E-state index contributed by atoms with van der Waals surface area (Å²) in [6, 6.07) is 12.3. The minimum atomic E-state index is 0.264. The monoisotopic (exact) mass is 258 g/mol. The number of rotatable bonds is 1. The van der Waals surface area contributed by atoms with Gasteiger partial charge in [0.25, 0.3) is 0 Å². The number of hydrogen-bond acceptors (Lipinski definition) is 1. The van der Waals surface area contributed by atoms with Gasteiger partial charge in [0.15, 0.2) is 0 Å². The summed E-state index contributed by atoms with van der Waals surface area (Å²) in [5, 5.41) is 0.758. The van der Waals surface area contributed by atoms with Gasteiger partial charge in [-0.2, -0.15) is 0 Å². The van der Waals surface area contributed by atoms with Crippen LogP contribution in [-0.4, -0.2) is 6.10 Å². The van der Waals surface area contributed by atoms with Crippen LogP contribution in [-0.2, 0) is 6.42 Å². The van der Waals surface area contributed by atoms with Gasteiger partial charge in [0.05, 0.1) is 0 Å². The van der Waals surface area contributed by atoms with Crippen molar-refractivity contribution in [3.63, 3.8) is 0 Å². The molecule has 0 saturated heterocycles. The van der Waals surface area contributed by atoms with Crippen LogP contribution in [0.25, 0.3) is 11.1 Å². The van der Waals surface area contributed by atoms with Crippen molar-refractivity contribution in [3.05, 3.63) is 52.5 Å². The molecule has 0 radical (unpaired) electrons. The predicted molar refractivity (Wildman–Crippen MR) is 75.4 cm³/mol. The van der Waals surface area contributed by atoms with Crippen molar-refractivity contribution in [1.82, 2.24) is 0 Å². The Labute approximate surface area is 112 Å². The lowest BCUT2D eigenvalue weighted by Gasteiger charge is -2.11. The molecule has 0 fully saturated rings. The zero-order valence-corrected chi connectivity index (χ0v) is 11.3. The fourth-order valence-electron chi connectivity index (χ4n) is 2.56. The lowest BCUT2D eigenvalue weighted by molar-refractivity contribution is 0.255. The Bertz CT molecular complexity index is 604. The Kier molecular flexibility index (Phi) is 2.79. The van der Waals surface area contributed by atoms with Crippen LogP contribution >= 0.6 is 11.6 Å². The molecule has 2 heteroatoms. The second-order valence-corrected chi connectivity index (χ2v) is 5.38. The van der Waals surface area contributed by atoms with Crippen molar-refractivity contribution in [3.8, 4) is 16.9 Å². The SMILES string of the molecule is Cc1cc2c(c(-c3cccc(Cl)c3)c1)OC(C)C2. The van der Waals surface area contributed by atoms with Gasteiger partial charge in [-0.05, 0) is 48.7 Å². The Balaban J connectivity index is 2.18. The Morgan fingerprint density at radius 1 is 1.22 bits per heavy atom. The third-order valence-corrected chi connectivity index (χ3v) is 3.51. The second kappa shape index (κ2) is 4.33. The summed E-state index contributed by atoms with van der Waals surface area (Å²) in [5.74, 6) is 1.02. The molecule has 1 nitrogen and oxygen atoms in total. The van der Waals surface area contributed by atoms with E-state index in [-0.39, 0.29) is 6.10 Å². The van der Waals surface area contributed by atoms with Gasteiger partial charge in [0.2, 0.25) is 0 Å². The molecule has 92 valence electrons. The predicted octanol–water partition coefficient (Wildman–Crippen LogP) is 4.64. The van der Waals surface area contributed by atoms with E-state index in [2.05, 4.69) is 32.0 Å². The van der Waals surface area contributed by atoms with Crippen molar-refractivity contribution in [2.24, 2.45) is 0 Å². The molecule has 0 amide bonds. The van der Waals surface area contributed by atoms with Crippen molar-refractivity contribution in [2.75, 3.05) is 0 Å². The van der Waals surface area contributed by atoms with E-state index in [1.807, 2.05) is 18.2 Å². The van der Waals surface area contributed by atoms with Gasteiger partial charge in [-0.15, -0.1) is 0 Å². The first-order valence-electron chi connectivity index (χ1n) is 6.19. The van der Waals surface area contributed by atoms with Crippen LogP contribution < -0.4 is 4.74 Å². The van der Waals surface area contributed by atoms with Gasteiger partial charge >= 0.3 is 0 Å². The zero-order chi connectivity index (χ0) is 12.7. The molecule has 1 heterocycles. The number of ether oxygens (including phenoxy) is 1. The van der Waals surface area contributed by atoms with E-state index >= 15 is 0 Å². The highest BCUT2D eigenvalue weighted by molar-refractivity contribution is 6.30. The fraction of sp³-hybridized carbons (Fsp3) is 0.250. The van der Waals surface area contributed by atoms with Crippen LogP contribution in [0.1, 0.15) is 18.1 Å². The van der Waals surface area contributed by atoms with E-state index < -0.39 is 0 Å². The van der Waals surface area contributed by atoms with Gasteiger partial charge < -0.3 is 4.74 Å². The van der Waals surface area contributed by atoms with Crippen molar-refractivity contribution in [1.29, 1.82) is 0 Å². The molecular weight excluding hydrogens is 244 g/mol. The van der Waals surface area contributed by atoms with Gasteiger partial charge in [-0.3, -0.25) is 0 Å². The molecule has 1 unspecified atom stereocenters. The molecule has 0 aromatic heterocycles. The average Bonchev–Trinajstić information content (AvgIpc) is 2.68. The molecule has 0 bridgehead atoms. The van der Waals surface area contributed by atoms with E-state index in [4.69, 9.17) is 16.3 Å². The van der Waals surface area contributed by atoms with Crippen LogP contribution in [0.5, 0.6) is 5.75 Å². The molecule has 2 aromatic rings. The number of aryl methyl sites for hydroxylation is 1. The maximum Gasteiger partial charge on any atom is 0.130 e. The van der Waals surface area contributed by atoms with E-state index in [9.17, 15) is 0 Å². The lowest BCUT2D eigenvalue weighted by Crippen LogP contribution is -2.05. The first-order chi connectivity index (χ1) is 8.63. The molecule has 3 rings (SSSR count). The van der Waals surface area contributed by atoms with Crippen LogP contribution in [0.4, 0.5) is 0 Å². The summed E-state index contributed by atoms with van der Waals surface area (Å²) < 4.78 is 5.94. The summed E-state index contributed by atoms with van der Waals surface area (Å²) >= 11 is 6.07. The Morgan fingerprint density at radius 3 is 2.83 bits per heavy atom. The van der Waals surface area contributed by atoms with Crippen LogP contribution in [0.2, 0.25) is 5.02 Å². The summed E-state index contributed by atoms with van der Waals surface area (Å²) in [5.41, 5.74) is 4.84. The number of halogens is 1. The molecule has 2 aromatic carbocycles. The highest BCUT2D eigenvalue weighted by atomic mass is 35.5. The minimum absolute atomic E-state index is 0.264. The molecule has 1 atom stereocenters. The van der Waals surface area contributed by atoms with E-state index in [0.717, 1.165) is 28.3 Å². The summed E-state index contributed by atoms with van der Waals surface area (Å²) in [6.45, 7) is 4.23. The average molecular weight is 259 g/mol. The van der Waals surface area contributed by atoms with Crippen molar-refractivity contribution in [2.45, 2.75) is 26.4 Å². The maximum atomic E-state index is 6.07. The Hall–Kier alpha value is -1.47. The van der Waals surface area contributed by atoms with Gasteiger partial charge in [-0.1, -0.05) is 29.8 Å². The second-order valence-electron chi connectivity index (χ2n) is 4.94. The normalized spacial score (nSPS) is 17.4. The molecule has 0 aliphatic carbocycles. The molecule has 0 N–H and O–H groups in total. The summed E-state index contributed by atoms with van der Waals surface area (Å²) in [7, 11) is 0. The first kappa shape index (κ1) is 11.6. The van der Waals surface area contributed by atoms with Crippen molar-refractivity contribution >= 4 is 11.6 Å². The fourth-order valence-corrected chi connectivity index (χ4v) is 2.75. The summed E-state index contributed by atoms with van der Waals surface area (Å²) in [6.07, 6.45) is 1.25. The maximum absolute atomic E-state index is 6.07. The smallest absolute Gasteiger partial charge is 0.130 e. The quantitative estimate of drug-likeness (QED) is 0.724. The molecular formula is C16H15ClO. The number of fused-ring (bicyclic) bond motifs is 1. The van der Waals surface area contributed by atoms with Gasteiger partial charge in [0, 0.05) is 17.0 Å². The van der Waals surface area contributed by atoms with Crippen molar-refractivity contribution < 1.29 is 4.74 Å². The molecule has 1 aliphatic heterocycles.